The van der Waals surface area contributed by atoms with E-state index in [4.69, 9.17) is 21.3 Å². The van der Waals surface area contributed by atoms with Crippen LogP contribution in [0, 0.1) is 6.92 Å². The van der Waals surface area contributed by atoms with Gasteiger partial charge in [-0.15, -0.1) is 0 Å². The molecule has 0 bridgehead atoms. The van der Waals surface area contributed by atoms with Crippen LogP contribution in [0.1, 0.15) is 47.7 Å². The van der Waals surface area contributed by atoms with Crippen LogP contribution in [0.15, 0.2) is 60.9 Å². The van der Waals surface area contributed by atoms with Gasteiger partial charge in [-0.2, -0.15) is 0 Å². The molecule has 2 heterocycles. The van der Waals surface area contributed by atoms with Gasteiger partial charge in [-0.25, -0.2) is 4.98 Å². The molecule has 5 nitrogen and oxygen atoms in total. The molecule has 0 spiro atoms. The van der Waals surface area contributed by atoms with E-state index in [0.29, 0.717) is 28.9 Å². The van der Waals surface area contributed by atoms with Gasteiger partial charge in [0, 0.05) is 23.0 Å². The number of fused-ring (bicyclic) bond motifs is 1. The Morgan fingerprint density at radius 3 is 2.70 bits per heavy atom. The molecule has 4 rings (SSSR count). The number of unbranched alkanes of at least 4 members (excludes halogenated alkanes) is 2. The summed E-state index contributed by atoms with van der Waals surface area (Å²) in [5.74, 6) is 0.644. The van der Waals surface area contributed by atoms with E-state index in [2.05, 4.69) is 11.9 Å². The molecule has 0 atom stereocenters. The van der Waals surface area contributed by atoms with E-state index in [0.717, 1.165) is 46.4 Å². The summed E-state index contributed by atoms with van der Waals surface area (Å²) >= 11 is 7.71. The molecule has 0 saturated carbocycles. The van der Waals surface area contributed by atoms with Crippen molar-refractivity contribution in [3.8, 4) is 5.75 Å². The number of pyridine rings is 1. The predicted octanol–water partition coefficient (Wildman–Crippen LogP) is 7.07. The number of hydrogen-bond donors (Lipinski definition) is 0. The second kappa shape index (κ2) is 10.8. The van der Waals surface area contributed by atoms with Crippen molar-refractivity contribution in [1.29, 1.82) is 0 Å². The Morgan fingerprint density at radius 2 is 1.97 bits per heavy atom. The van der Waals surface area contributed by atoms with Crippen LogP contribution >= 0.6 is 22.9 Å². The fraction of sp³-hybridized carbons (Fsp3) is 0.269. The fourth-order valence-corrected chi connectivity index (χ4v) is 4.97. The first-order chi connectivity index (χ1) is 16.0. The maximum atomic E-state index is 13.6. The minimum absolute atomic E-state index is 0.126. The Hall–Kier alpha value is -2.96. The molecule has 7 heteroatoms. The Morgan fingerprint density at radius 1 is 1.15 bits per heavy atom. The van der Waals surface area contributed by atoms with Gasteiger partial charge in [-0.1, -0.05) is 48.8 Å². The lowest BCUT2D eigenvalue weighted by Gasteiger charge is -2.20. The molecule has 0 aliphatic rings. The third kappa shape index (κ3) is 5.70. The molecule has 1 amide bonds. The summed E-state index contributed by atoms with van der Waals surface area (Å²) in [4.78, 5) is 24.3. The minimum atomic E-state index is -0.126. The van der Waals surface area contributed by atoms with E-state index < -0.39 is 0 Å². The number of ether oxygens (including phenoxy) is 1. The maximum absolute atomic E-state index is 13.6. The summed E-state index contributed by atoms with van der Waals surface area (Å²) in [5.41, 5.74) is 3.35. The van der Waals surface area contributed by atoms with Crippen molar-refractivity contribution >= 4 is 44.2 Å². The highest BCUT2D eigenvalue weighted by Crippen LogP contribution is 2.34. The van der Waals surface area contributed by atoms with Crippen molar-refractivity contribution in [3.63, 3.8) is 0 Å². The molecule has 0 radical (unpaired) electrons. The number of amides is 1. The first-order valence-corrected chi connectivity index (χ1v) is 12.2. The summed E-state index contributed by atoms with van der Waals surface area (Å²) in [5, 5.41) is 1.29. The molecule has 0 saturated heterocycles. The number of carbonyl (C=O) groups is 1. The highest BCUT2D eigenvalue weighted by molar-refractivity contribution is 7.22. The number of rotatable bonds is 9. The van der Waals surface area contributed by atoms with Gasteiger partial charge in [-0.3, -0.25) is 14.7 Å². The van der Waals surface area contributed by atoms with Crippen LogP contribution < -0.4 is 9.64 Å². The van der Waals surface area contributed by atoms with E-state index >= 15 is 0 Å². The van der Waals surface area contributed by atoms with Crippen molar-refractivity contribution in [2.45, 2.75) is 39.7 Å². The van der Waals surface area contributed by atoms with Gasteiger partial charge < -0.3 is 4.74 Å². The van der Waals surface area contributed by atoms with Crippen molar-refractivity contribution in [1.82, 2.24) is 9.97 Å². The molecular formula is C26H26ClN3O2S. The minimum Gasteiger partial charge on any atom is -0.494 e. The summed E-state index contributed by atoms with van der Waals surface area (Å²) < 4.78 is 6.75. The fourth-order valence-electron chi connectivity index (χ4n) is 3.55. The number of carbonyl (C=O) groups excluding carboxylic acids is 1. The standard InChI is InChI=1S/C26H26ClN3O2S/c1-3-4-5-13-32-22-10-8-20(9-11-22)25(31)30(17-19-7-6-12-28-16-19)26-29-24-18(2)14-21(27)15-23(24)33-26/h6-12,14-16H,3-5,13,17H2,1-2H3. The average molecular weight is 480 g/mol. The Balaban J connectivity index is 1.62. The van der Waals surface area contributed by atoms with Gasteiger partial charge in [0.2, 0.25) is 0 Å². The highest BCUT2D eigenvalue weighted by Gasteiger charge is 2.22. The molecule has 0 unspecified atom stereocenters. The van der Waals surface area contributed by atoms with Crippen molar-refractivity contribution in [2.24, 2.45) is 0 Å². The van der Waals surface area contributed by atoms with E-state index in [-0.39, 0.29) is 5.91 Å². The average Bonchev–Trinajstić information content (AvgIpc) is 3.25. The van der Waals surface area contributed by atoms with E-state index in [1.165, 1.54) is 11.3 Å². The number of nitrogens with zero attached hydrogens (tertiary/aromatic N) is 3. The van der Waals surface area contributed by atoms with Crippen LogP contribution in [0.2, 0.25) is 5.02 Å². The first kappa shape index (κ1) is 23.2. The van der Waals surface area contributed by atoms with Gasteiger partial charge in [0.05, 0.1) is 23.4 Å². The molecule has 170 valence electrons. The lowest BCUT2D eigenvalue weighted by Crippen LogP contribution is -2.30. The third-order valence-corrected chi connectivity index (χ3v) is 6.54. The summed E-state index contributed by atoms with van der Waals surface area (Å²) in [6.45, 7) is 5.19. The number of aryl methyl sites for hydroxylation is 1. The zero-order valence-electron chi connectivity index (χ0n) is 18.8. The molecule has 4 aromatic rings. The van der Waals surface area contributed by atoms with Gasteiger partial charge in [-0.05, 0) is 66.9 Å². The lowest BCUT2D eigenvalue weighted by atomic mass is 10.1. The first-order valence-electron chi connectivity index (χ1n) is 11.1. The number of benzene rings is 2. The van der Waals surface area contributed by atoms with Crippen LogP contribution in [-0.4, -0.2) is 22.5 Å². The number of anilines is 1. The predicted molar refractivity (Wildman–Crippen MR) is 136 cm³/mol. The zero-order valence-corrected chi connectivity index (χ0v) is 20.3. The van der Waals surface area contributed by atoms with Crippen molar-refractivity contribution < 1.29 is 9.53 Å². The van der Waals surface area contributed by atoms with E-state index in [1.807, 2.05) is 55.5 Å². The van der Waals surface area contributed by atoms with E-state index in [1.54, 1.807) is 17.3 Å². The summed E-state index contributed by atoms with van der Waals surface area (Å²) in [6, 6.07) is 14.9. The van der Waals surface area contributed by atoms with Gasteiger partial charge in [0.15, 0.2) is 5.13 Å². The van der Waals surface area contributed by atoms with Gasteiger partial charge in [0.1, 0.15) is 5.75 Å². The Bertz CT molecular complexity index is 1230. The molecule has 0 N–H and O–H groups in total. The van der Waals surface area contributed by atoms with Crippen molar-refractivity contribution in [2.75, 3.05) is 11.5 Å². The number of thiazole rings is 1. The normalized spacial score (nSPS) is 11.0. The monoisotopic (exact) mass is 479 g/mol. The van der Waals surface area contributed by atoms with Crippen LogP contribution in [0.3, 0.4) is 0 Å². The van der Waals surface area contributed by atoms with Crippen LogP contribution in [0.5, 0.6) is 5.75 Å². The molecule has 33 heavy (non-hydrogen) atoms. The number of aromatic nitrogens is 2. The molecule has 2 aromatic carbocycles. The van der Waals surface area contributed by atoms with Crippen LogP contribution in [0.25, 0.3) is 10.2 Å². The molecule has 0 fully saturated rings. The summed E-state index contributed by atoms with van der Waals surface area (Å²) in [7, 11) is 0. The van der Waals surface area contributed by atoms with Crippen LogP contribution in [0.4, 0.5) is 5.13 Å². The molecule has 2 aromatic heterocycles. The maximum Gasteiger partial charge on any atom is 0.260 e. The highest BCUT2D eigenvalue weighted by atomic mass is 35.5. The second-order valence-corrected chi connectivity index (χ2v) is 9.34. The molecular weight excluding hydrogens is 454 g/mol. The second-order valence-electron chi connectivity index (χ2n) is 7.90. The number of halogens is 1. The zero-order chi connectivity index (χ0) is 23.2. The van der Waals surface area contributed by atoms with Gasteiger partial charge in [0.25, 0.3) is 5.91 Å². The smallest absolute Gasteiger partial charge is 0.260 e. The van der Waals surface area contributed by atoms with E-state index in [9.17, 15) is 4.79 Å². The SMILES string of the molecule is CCCCCOc1ccc(C(=O)N(Cc2cccnc2)c2nc3c(C)cc(Cl)cc3s2)cc1. The van der Waals surface area contributed by atoms with Gasteiger partial charge >= 0.3 is 0 Å². The largest absolute Gasteiger partial charge is 0.494 e. The quantitative estimate of drug-likeness (QED) is 0.241. The van der Waals surface area contributed by atoms with Crippen molar-refractivity contribution in [3.05, 3.63) is 82.6 Å². The molecule has 0 aliphatic heterocycles. The topological polar surface area (TPSA) is 55.3 Å². The Kier molecular flexibility index (Phi) is 7.57. The Labute approximate surface area is 203 Å². The van der Waals surface area contributed by atoms with Crippen LogP contribution in [-0.2, 0) is 6.54 Å². The number of hydrogen-bond acceptors (Lipinski definition) is 5. The lowest BCUT2D eigenvalue weighted by molar-refractivity contribution is 0.0985. The third-order valence-electron chi connectivity index (χ3n) is 5.30. The summed E-state index contributed by atoms with van der Waals surface area (Å²) in [6.07, 6.45) is 6.81. The molecule has 0 aliphatic carbocycles.